The van der Waals surface area contributed by atoms with Gasteiger partial charge < -0.3 is 9.47 Å². The number of hydrogen-bond acceptors (Lipinski definition) is 3. The average molecular weight is 347 g/mol. The maximum atomic E-state index is 13.0. The van der Waals surface area contributed by atoms with Crippen molar-refractivity contribution in [3.05, 3.63) is 52.0 Å². The highest BCUT2D eigenvalue weighted by Crippen LogP contribution is 2.20. The van der Waals surface area contributed by atoms with E-state index in [1.165, 1.54) is 35.6 Å². The third-order valence-electron chi connectivity index (χ3n) is 4.11. The summed E-state index contributed by atoms with van der Waals surface area (Å²) >= 11 is 1.41. The van der Waals surface area contributed by atoms with Gasteiger partial charge in [0.25, 0.3) is 11.8 Å². The molecule has 1 unspecified atom stereocenters. The Hall–Kier alpha value is -2.28. The molecule has 1 fully saturated rings. The van der Waals surface area contributed by atoms with Gasteiger partial charge in [0, 0.05) is 37.3 Å². The number of nitrogens with zero attached hydrogens (tertiary/aromatic N) is 3. The summed E-state index contributed by atoms with van der Waals surface area (Å²) in [7, 11) is 1.84. The molecule has 2 amide bonds. The molecule has 1 saturated heterocycles. The van der Waals surface area contributed by atoms with Gasteiger partial charge >= 0.3 is 0 Å². The first kappa shape index (κ1) is 16.6. The number of aryl methyl sites for hydroxylation is 1. The highest BCUT2D eigenvalue weighted by atomic mass is 32.1. The zero-order valence-corrected chi connectivity index (χ0v) is 14.1. The van der Waals surface area contributed by atoms with Crippen LogP contribution in [-0.4, -0.2) is 34.4 Å². The first-order chi connectivity index (χ1) is 11.5. The summed E-state index contributed by atoms with van der Waals surface area (Å²) in [5.41, 5.74) is 0.436. The van der Waals surface area contributed by atoms with Crippen molar-refractivity contribution in [2.75, 3.05) is 13.1 Å². The van der Waals surface area contributed by atoms with Gasteiger partial charge in [0.05, 0.1) is 5.92 Å². The van der Waals surface area contributed by atoms with Gasteiger partial charge in [0.2, 0.25) is 0 Å². The number of carbonyl (C=O) groups is 2. The highest BCUT2D eigenvalue weighted by molar-refractivity contribution is 7.07. The number of piperidine rings is 1. The predicted octanol–water partition coefficient (Wildman–Crippen LogP) is 2.21. The molecule has 126 valence electrons. The molecular weight excluding hydrogens is 329 g/mol. The summed E-state index contributed by atoms with van der Waals surface area (Å²) in [5.74, 6) is -1.02. The van der Waals surface area contributed by atoms with Crippen LogP contribution in [0.2, 0.25) is 0 Å². The molecule has 0 saturated carbocycles. The fraction of sp³-hybridized carbons (Fsp3) is 0.353. The van der Waals surface area contributed by atoms with Crippen molar-refractivity contribution < 1.29 is 14.0 Å². The molecule has 7 heteroatoms. The van der Waals surface area contributed by atoms with Crippen LogP contribution in [0.4, 0.5) is 4.39 Å². The smallest absolute Gasteiger partial charge is 0.253 e. The molecule has 0 bridgehead atoms. The fourth-order valence-corrected chi connectivity index (χ4v) is 3.49. The van der Waals surface area contributed by atoms with E-state index in [9.17, 15) is 14.0 Å². The minimum Gasteiger partial charge on any atom is -0.338 e. The molecule has 1 aliphatic rings. The summed E-state index contributed by atoms with van der Waals surface area (Å²) < 4.78 is 14.8. The van der Waals surface area contributed by atoms with Crippen molar-refractivity contribution in [3.8, 4) is 0 Å². The number of amides is 2. The van der Waals surface area contributed by atoms with E-state index < -0.39 is 0 Å². The molecule has 0 N–H and O–H groups in total. The molecule has 1 aliphatic heterocycles. The third kappa shape index (κ3) is 3.62. The Morgan fingerprint density at radius 3 is 2.71 bits per heavy atom. The number of aromatic nitrogens is 1. The normalized spacial score (nSPS) is 18.7. The molecule has 2 heterocycles. The Bertz CT molecular complexity index is 810. The number of likely N-dealkylation sites (tertiary alicyclic amines) is 1. The fourth-order valence-electron chi connectivity index (χ4n) is 2.76. The van der Waals surface area contributed by atoms with E-state index in [2.05, 4.69) is 4.99 Å². The van der Waals surface area contributed by atoms with Gasteiger partial charge in [-0.05, 0) is 37.1 Å². The van der Waals surface area contributed by atoms with E-state index in [1.54, 1.807) is 9.47 Å². The van der Waals surface area contributed by atoms with Crippen LogP contribution in [0.25, 0.3) is 0 Å². The van der Waals surface area contributed by atoms with Crippen LogP contribution in [0.3, 0.4) is 0 Å². The van der Waals surface area contributed by atoms with Gasteiger partial charge in [-0.3, -0.25) is 9.59 Å². The zero-order chi connectivity index (χ0) is 17.1. The second-order valence-corrected chi connectivity index (χ2v) is 6.72. The van der Waals surface area contributed by atoms with E-state index in [4.69, 9.17) is 0 Å². The van der Waals surface area contributed by atoms with Gasteiger partial charge in [-0.2, -0.15) is 4.99 Å². The summed E-state index contributed by atoms with van der Waals surface area (Å²) in [6, 6.07) is 5.48. The van der Waals surface area contributed by atoms with Crippen molar-refractivity contribution in [1.29, 1.82) is 0 Å². The summed E-state index contributed by atoms with van der Waals surface area (Å²) in [4.78, 5) is 31.4. The van der Waals surface area contributed by atoms with Crippen LogP contribution in [-0.2, 0) is 11.8 Å². The van der Waals surface area contributed by atoms with Crippen LogP contribution in [0.1, 0.15) is 23.2 Å². The van der Waals surface area contributed by atoms with Crippen molar-refractivity contribution >= 4 is 23.2 Å². The predicted molar refractivity (Wildman–Crippen MR) is 88.9 cm³/mol. The number of hydrogen-bond donors (Lipinski definition) is 0. The average Bonchev–Trinajstić information content (AvgIpc) is 3.00. The first-order valence-corrected chi connectivity index (χ1v) is 8.66. The molecule has 5 nitrogen and oxygen atoms in total. The van der Waals surface area contributed by atoms with Crippen LogP contribution in [0.15, 0.2) is 40.8 Å². The second kappa shape index (κ2) is 7.09. The molecule has 0 spiro atoms. The van der Waals surface area contributed by atoms with Crippen molar-refractivity contribution in [2.24, 2.45) is 18.0 Å². The largest absolute Gasteiger partial charge is 0.338 e. The zero-order valence-electron chi connectivity index (χ0n) is 13.3. The Balaban J connectivity index is 1.72. The van der Waals surface area contributed by atoms with Gasteiger partial charge in [0.1, 0.15) is 5.82 Å². The Kier molecular flexibility index (Phi) is 4.89. The lowest BCUT2D eigenvalue weighted by atomic mass is 9.96. The van der Waals surface area contributed by atoms with Gasteiger partial charge in [-0.25, -0.2) is 4.39 Å². The maximum Gasteiger partial charge on any atom is 0.253 e. The summed E-state index contributed by atoms with van der Waals surface area (Å²) in [5, 5.41) is 1.87. The van der Waals surface area contributed by atoms with E-state index in [-0.39, 0.29) is 23.5 Å². The van der Waals surface area contributed by atoms with Crippen molar-refractivity contribution in [2.45, 2.75) is 12.8 Å². The maximum absolute atomic E-state index is 13.0. The molecule has 24 heavy (non-hydrogen) atoms. The molecule has 0 radical (unpaired) electrons. The van der Waals surface area contributed by atoms with Gasteiger partial charge in [0.15, 0.2) is 4.80 Å². The third-order valence-corrected chi connectivity index (χ3v) is 4.96. The van der Waals surface area contributed by atoms with Crippen LogP contribution < -0.4 is 4.80 Å². The molecule has 2 aromatic rings. The molecule has 1 aromatic carbocycles. The summed E-state index contributed by atoms with van der Waals surface area (Å²) in [6.07, 6.45) is 3.34. The Morgan fingerprint density at radius 1 is 1.29 bits per heavy atom. The molecule has 3 rings (SSSR count). The van der Waals surface area contributed by atoms with Gasteiger partial charge in [-0.1, -0.05) is 0 Å². The quantitative estimate of drug-likeness (QED) is 0.836. The number of carbonyl (C=O) groups excluding carboxylic acids is 2. The highest BCUT2D eigenvalue weighted by Gasteiger charge is 2.28. The minimum atomic E-state index is -0.374. The van der Waals surface area contributed by atoms with E-state index >= 15 is 0 Å². The van der Waals surface area contributed by atoms with E-state index in [0.29, 0.717) is 23.5 Å². The first-order valence-electron chi connectivity index (χ1n) is 7.78. The minimum absolute atomic E-state index is 0.172. The van der Waals surface area contributed by atoms with E-state index in [0.717, 1.165) is 12.8 Å². The number of halogens is 1. The van der Waals surface area contributed by atoms with Crippen LogP contribution >= 0.6 is 11.3 Å². The van der Waals surface area contributed by atoms with Crippen LogP contribution in [0.5, 0.6) is 0 Å². The van der Waals surface area contributed by atoms with E-state index in [1.807, 2.05) is 18.6 Å². The van der Waals surface area contributed by atoms with Gasteiger partial charge in [-0.15, -0.1) is 11.3 Å². The number of benzene rings is 1. The second-order valence-electron chi connectivity index (χ2n) is 5.84. The SMILES string of the molecule is Cn1ccsc1=NC(=O)C1CCCN(C(=O)c2ccc(F)cc2)C1. The molecule has 0 aliphatic carbocycles. The Labute approximate surface area is 143 Å². The monoisotopic (exact) mass is 347 g/mol. The van der Waals surface area contributed by atoms with Crippen molar-refractivity contribution in [3.63, 3.8) is 0 Å². The topological polar surface area (TPSA) is 54.7 Å². The number of rotatable bonds is 2. The molecule has 1 aromatic heterocycles. The lowest BCUT2D eigenvalue weighted by Crippen LogP contribution is -2.42. The lowest BCUT2D eigenvalue weighted by molar-refractivity contribution is -0.123. The standard InChI is InChI=1S/C17H18FN3O2S/c1-20-9-10-24-17(20)19-15(22)13-3-2-8-21(11-13)16(23)12-4-6-14(18)7-5-12/h4-7,9-10,13H,2-3,8,11H2,1H3. The lowest BCUT2D eigenvalue weighted by Gasteiger charge is -2.31. The van der Waals surface area contributed by atoms with Crippen LogP contribution in [0, 0.1) is 11.7 Å². The van der Waals surface area contributed by atoms with Crippen molar-refractivity contribution in [1.82, 2.24) is 9.47 Å². The Morgan fingerprint density at radius 2 is 2.04 bits per heavy atom. The summed E-state index contributed by atoms with van der Waals surface area (Å²) in [6.45, 7) is 0.959. The molecular formula is C17H18FN3O2S. The molecule has 1 atom stereocenters. The number of thiazole rings is 1.